The number of rotatable bonds is 8. The van der Waals surface area contributed by atoms with Crippen molar-refractivity contribution in [2.45, 2.75) is 58.4 Å². The number of aromatic nitrogens is 1. The Morgan fingerprint density at radius 3 is 2.80 bits per heavy atom. The fourth-order valence-electron chi connectivity index (χ4n) is 2.67. The van der Waals surface area contributed by atoms with Crippen molar-refractivity contribution in [2.24, 2.45) is 0 Å². The summed E-state index contributed by atoms with van der Waals surface area (Å²) >= 11 is 1.88. The van der Waals surface area contributed by atoms with Crippen LogP contribution in [0.5, 0.6) is 0 Å². The predicted octanol–water partition coefficient (Wildman–Crippen LogP) is 3.45. The number of likely N-dealkylation sites (tertiary alicyclic amines) is 1. The molecule has 114 valence electrons. The van der Waals surface area contributed by atoms with Gasteiger partial charge in [-0.2, -0.15) is 0 Å². The largest absolute Gasteiger partial charge is 0.312 e. The number of hydrogen-bond acceptors (Lipinski definition) is 4. The van der Waals surface area contributed by atoms with Gasteiger partial charge in [0.05, 0.1) is 5.01 Å². The Labute approximate surface area is 127 Å². The van der Waals surface area contributed by atoms with Crippen molar-refractivity contribution in [3.8, 4) is 0 Å². The molecule has 1 saturated heterocycles. The van der Waals surface area contributed by atoms with E-state index in [9.17, 15) is 0 Å². The SMILES string of the molecule is CCCCNCc1cnc(CCN2CCCCCC2)s1. The van der Waals surface area contributed by atoms with Crippen LogP contribution in [-0.4, -0.2) is 36.1 Å². The summed E-state index contributed by atoms with van der Waals surface area (Å²) in [5.41, 5.74) is 0. The topological polar surface area (TPSA) is 28.2 Å². The van der Waals surface area contributed by atoms with Crippen molar-refractivity contribution in [1.82, 2.24) is 15.2 Å². The van der Waals surface area contributed by atoms with Crippen molar-refractivity contribution in [3.05, 3.63) is 16.1 Å². The molecule has 0 amide bonds. The second-order valence-corrected chi connectivity index (χ2v) is 6.96. The lowest BCUT2D eigenvalue weighted by Crippen LogP contribution is -2.26. The maximum absolute atomic E-state index is 4.57. The molecule has 1 N–H and O–H groups in total. The molecule has 1 aromatic rings. The maximum Gasteiger partial charge on any atom is 0.0940 e. The van der Waals surface area contributed by atoms with E-state index in [1.807, 2.05) is 11.3 Å². The van der Waals surface area contributed by atoms with Gasteiger partial charge in [-0.05, 0) is 38.9 Å². The molecule has 0 radical (unpaired) electrons. The average Bonchev–Trinajstić information content (AvgIpc) is 2.75. The molecule has 2 heterocycles. The average molecular weight is 295 g/mol. The van der Waals surface area contributed by atoms with Crippen LogP contribution in [0, 0.1) is 0 Å². The van der Waals surface area contributed by atoms with E-state index in [0.717, 1.165) is 19.5 Å². The molecule has 3 nitrogen and oxygen atoms in total. The van der Waals surface area contributed by atoms with Gasteiger partial charge in [0.1, 0.15) is 0 Å². The van der Waals surface area contributed by atoms with Gasteiger partial charge in [0.25, 0.3) is 0 Å². The third kappa shape index (κ3) is 5.90. The maximum atomic E-state index is 4.57. The van der Waals surface area contributed by atoms with Gasteiger partial charge in [-0.25, -0.2) is 4.98 Å². The van der Waals surface area contributed by atoms with Gasteiger partial charge in [0, 0.05) is 30.6 Å². The summed E-state index contributed by atoms with van der Waals surface area (Å²) in [5, 5.41) is 4.80. The van der Waals surface area contributed by atoms with Crippen LogP contribution in [0.1, 0.15) is 55.3 Å². The molecule has 1 aliphatic rings. The molecule has 1 fully saturated rings. The standard InChI is InChI=1S/C16H29N3S/c1-2-3-9-17-13-15-14-18-16(20-15)8-12-19-10-6-4-5-7-11-19/h14,17H,2-13H2,1H3. The fraction of sp³-hybridized carbons (Fsp3) is 0.812. The summed E-state index contributed by atoms with van der Waals surface area (Å²) in [6.07, 6.45) is 11.3. The number of hydrogen-bond donors (Lipinski definition) is 1. The van der Waals surface area contributed by atoms with Crippen molar-refractivity contribution in [1.29, 1.82) is 0 Å². The summed E-state index contributed by atoms with van der Waals surface area (Å²) < 4.78 is 0. The third-order valence-corrected chi connectivity index (χ3v) is 5.01. The normalized spacial score (nSPS) is 17.2. The Hall–Kier alpha value is -0.450. The molecule has 0 saturated carbocycles. The zero-order valence-corrected chi connectivity index (χ0v) is 13.7. The quantitative estimate of drug-likeness (QED) is 0.745. The lowest BCUT2D eigenvalue weighted by molar-refractivity contribution is 0.288. The predicted molar refractivity (Wildman–Crippen MR) is 87.3 cm³/mol. The molecule has 1 aromatic heterocycles. The number of thiazole rings is 1. The number of nitrogens with zero attached hydrogens (tertiary/aromatic N) is 2. The number of nitrogens with one attached hydrogen (secondary N) is 1. The molecule has 0 unspecified atom stereocenters. The second-order valence-electron chi connectivity index (χ2n) is 5.76. The lowest BCUT2D eigenvalue weighted by Gasteiger charge is -2.18. The van der Waals surface area contributed by atoms with E-state index < -0.39 is 0 Å². The van der Waals surface area contributed by atoms with Gasteiger partial charge in [-0.3, -0.25) is 0 Å². The minimum atomic E-state index is 0.987. The first-order valence-corrected chi connectivity index (χ1v) is 9.07. The molecule has 0 atom stereocenters. The molecule has 0 aromatic carbocycles. The Balaban J connectivity index is 1.66. The third-order valence-electron chi connectivity index (χ3n) is 3.95. The van der Waals surface area contributed by atoms with Crippen molar-refractivity contribution in [3.63, 3.8) is 0 Å². The Morgan fingerprint density at radius 2 is 2.05 bits per heavy atom. The molecule has 0 aliphatic carbocycles. The van der Waals surface area contributed by atoms with Gasteiger partial charge >= 0.3 is 0 Å². The highest BCUT2D eigenvalue weighted by molar-refractivity contribution is 7.11. The van der Waals surface area contributed by atoms with Gasteiger partial charge in [0.15, 0.2) is 0 Å². The van der Waals surface area contributed by atoms with E-state index in [2.05, 4.69) is 28.3 Å². The molecular formula is C16H29N3S. The van der Waals surface area contributed by atoms with Gasteiger partial charge in [0.2, 0.25) is 0 Å². The van der Waals surface area contributed by atoms with Gasteiger partial charge in [-0.1, -0.05) is 26.2 Å². The van der Waals surface area contributed by atoms with Crippen LogP contribution in [0.25, 0.3) is 0 Å². The van der Waals surface area contributed by atoms with E-state index in [4.69, 9.17) is 0 Å². The fourth-order valence-corrected chi connectivity index (χ4v) is 3.55. The van der Waals surface area contributed by atoms with E-state index in [0.29, 0.717) is 0 Å². The molecule has 20 heavy (non-hydrogen) atoms. The summed E-state index contributed by atoms with van der Waals surface area (Å²) in [6.45, 7) is 8.11. The molecule has 0 spiro atoms. The van der Waals surface area contributed by atoms with Gasteiger partial charge < -0.3 is 10.2 Å². The second kappa shape index (κ2) is 9.48. The zero-order chi connectivity index (χ0) is 14.0. The first kappa shape index (κ1) is 15.9. The monoisotopic (exact) mass is 295 g/mol. The first-order chi connectivity index (χ1) is 9.88. The Bertz CT molecular complexity index is 356. The van der Waals surface area contributed by atoms with Gasteiger partial charge in [-0.15, -0.1) is 11.3 Å². The van der Waals surface area contributed by atoms with E-state index in [1.165, 1.54) is 68.0 Å². The van der Waals surface area contributed by atoms with Crippen molar-refractivity contribution >= 4 is 11.3 Å². The molecular weight excluding hydrogens is 266 g/mol. The van der Waals surface area contributed by atoms with Crippen LogP contribution in [-0.2, 0) is 13.0 Å². The molecule has 2 rings (SSSR count). The van der Waals surface area contributed by atoms with E-state index in [-0.39, 0.29) is 0 Å². The highest BCUT2D eigenvalue weighted by Crippen LogP contribution is 2.15. The van der Waals surface area contributed by atoms with Crippen LogP contribution in [0.2, 0.25) is 0 Å². The van der Waals surface area contributed by atoms with Crippen LogP contribution >= 0.6 is 11.3 Å². The minimum Gasteiger partial charge on any atom is -0.312 e. The van der Waals surface area contributed by atoms with Crippen molar-refractivity contribution < 1.29 is 0 Å². The summed E-state index contributed by atoms with van der Waals surface area (Å²) in [5.74, 6) is 0. The van der Waals surface area contributed by atoms with E-state index >= 15 is 0 Å². The van der Waals surface area contributed by atoms with Crippen LogP contribution in [0.4, 0.5) is 0 Å². The lowest BCUT2D eigenvalue weighted by atomic mass is 10.2. The smallest absolute Gasteiger partial charge is 0.0940 e. The van der Waals surface area contributed by atoms with Crippen LogP contribution in [0.3, 0.4) is 0 Å². The van der Waals surface area contributed by atoms with Crippen molar-refractivity contribution in [2.75, 3.05) is 26.2 Å². The summed E-state index contributed by atoms with van der Waals surface area (Å²) in [7, 11) is 0. The zero-order valence-electron chi connectivity index (χ0n) is 12.9. The summed E-state index contributed by atoms with van der Waals surface area (Å²) in [6, 6.07) is 0. The first-order valence-electron chi connectivity index (χ1n) is 8.25. The van der Waals surface area contributed by atoms with Crippen LogP contribution in [0.15, 0.2) is 6.20 Å². The van der Waals surface area contributed by atoms with Crippen LogP contribution < -0.4 is 5.32 Å². The number of unbranched alkanes of at least 4 members (excludes halogenated alkanes) is 1. The Kier molecular flexibility index (Phi) is 7.55. The summed E-state index contributed by atoms with van der Waals surface area (Å²) in [4.78, 5) is 8.57. The van der Waals surface area contributed by atoms with E-state index in [1.54, 1.807) is 0 Å². The molecule has 1 aliphatic heterocycles. The molecule has 0 bridgehead atoms. The Morgan fingerprint density at radius 1 is 1.25 bits per heavy atom. The highest BCUT2D eigenvalue weighted by atomic mass is 32.1. The minimum absolute atomic E-state index is 0.987. The molecule has 4 heteroatoms. The highest BCUT2D eigenvalue weighted by Gasteiger charge is 2.10.